The Hall–Kier alpha value is -2.18. The van der Waals surface area contributed by atoms with Crippen molar-refractivity contribution in [2.45, 2.75) is 25.8 Å². The lowest BCUT2D eigenvalue weighted by Crippen LogP contribution is -2.37. The fraction of sp³-hybridized carbons (Fsp3) is 0.538. The summed E-state index contributed by atoms with van der Waals surface area (Å²) in [5.41, 5.74) is 0.394. The molecule has 1 aliphatic rings. The molecule has 108 valence electrons. The highest BCUT2D eigenvalue weighted by atomic mass is 16.2. The second-order valence-electron chi connectivity index (χ2n) is 4.76. The summed E-state index contributed by atoms with van der Waals surface area (Å²) < 4.78 is 0. The maximum atomic E-state index is 12.0. The van der Waals surface area contributed by atoms with E-state index >= 15 is 0 Å². The number of likely N-dealkylation sites (tertiary alicyclic amines) is 1. The highest BCUT2D eigenvalue weighted by Crippen LogP contribution is 2.12. The first-order valence-electron chi connectivity index (χ1n) is 6.72. The van der Waals surface area contributed by atoms with Crippen molar-refractivity contribution in [2.75, 3.05) is 25.5 Å². The number of carbonyl (C=O) groups excluding carboxylic acids is 2. The van der Waals surface area contributed by atoms with Gasteiger partial charge in [0.1, 0.15) is 0 Å². The number of nitrogens with zero attached hydrogens (tertiary/aromatic N) is 3. The van der Waals surface area contributed by atoms with E-state index in [0.717, 1.165) is 13.0 Å². The number of hydrogen-bond donors (Lipinski definition) is 2. The average Bonchev–Trinajstić information content (AvgIpc) is 2.79. The van der Waals surface area contributed by atoms with Crippen molar-refractivity contribution in [1.82, 2.24) is 20.2 Å². The summed E-state index contributed by atoms with van der Waals surface area (Å²) >= 11 is 0. The van der Waals surface area contributed by atoms with Crippen molar-refractivity contribution < 1.29 is 9.59 Å². The van der Waals surface area contributed by atoms with Crippen molar-refractivity contribution in [1.29, 1.82) is 0 Å². The molecule has 1 aromatic rings. The van der Waals surface area contributed by atoms with Crippen LogP contribution in [0.25, 0.3) is 0 Å². The van der Waals surface area contributed by atoms with Gasteiger partial charge in [-0.25, -0.2) is 9.97 Å². The molecule has 20 heavy (non-hydrogen) atoms. The summed E-state index contributed by atoms with van der Waals surface area (Å²) in [6.07, 6.45) is 4.22. The number of nitrogens with one attached hydrogen (secondary N) is 2. The number of anilines is 1. The van der Waals surface area contributed by atoms with Gasteiger partial charge in [0.2, 0.25) is 11.9 Å². The highest BCUT2D eigenvalue weighted by Gasteiger charge is 2.30. The van der Waals surface area contributed by atoms with Gasteiger partial charge < -0.3 is 15.5 Å². The topological polar surface area (TPSA) is 87.2 Å². The quantitative estimate of drug-likeness (QED) is 0.806. The van der Waals surface area contributed by atoms with Gasteiger partial charge in [0, 0.05) is 39.0 Å². The van der Waals surface area contributed by atoms with Gasteiger partial charge in [-0.3, -0.25) is 9.59 Å². The molecular formula is C13H19N5O2. The van der Waals surface area contributed by atoms with E-state index < -0.39 is 0 Å². The SMILES string of the molecule is CCCN1C[C@H](NC(=O)c2cnc(NC)nc2)CC1=O. The van der Waals surface area contributed by atoms with Crippen LogP contribution in [0.4, 0.5) is 5.95 Å². The number of rotatable bonds is 5. The monoisotopic (exact) mass is 277 g/mol. The van der Waals surface area contributed by atoms with Gasteiger partial charge in [-0.2, -0.15) is 0 Å². The molecule has 0 unspecified atom stereocenters. The minimum atomic E-state index is -0.246. The van der Waals surface area contributed by atoms with Crippen LogP contribution >= 0.6 is 0 Å². The van der Waals surface area contributed by atoms with E-state index in [0.29, 0.717) is 24.5 Å². The van der Waals surface area contributed by atoms with Gasteiger partial charge in [0.15, 0.2) is 0 Å². The zero-order chi connectivity index (χ0) is 14.5. The molecule has 0 aromatic carbocycles. The molecule has 7 heteroatoms. The van der Waals surface area contributed by atoms with Crippen LogP contribution in [0.1, 0.15) is 30.1 Å². The molecule has 2 rings (SSSR count). The first-order valence-corrected chi connectivity index (χ1v) is 6.72. The molecule has 1 fully saturated rings. The molecule has 0 spiro atoms. The Bertz CT molecular complexity index is 488. The largest absolute Gasteiger partial charge is 0.357 e. The van der Waals surface area contributed by atoms with Gasteiger partial charge in [-0.05, 0) is 6.42 Å². The maximum absolute atomic E-state index is 12.0. The summed E-state index contributed by atoms with van der Waals surface area (Å²) in [7, 11) is 1.71. The molecular weight excluding hydrogens is 258 g/mol. The van der Waals surface area contributed by atoms with Crippen LogP contribution in [0.5, 0.6) is 0 Å². The van der Waals surface area contributed by atoms with Crippen LogP contribution in [0.15, 0.2) is 12.4 Å². The van der Waals surface area contributed by atoms with E-state index in [1.165, 1.54) is 12.4 Å². The van der Waals surface area contributed by atoms with Crippen molar-refractivity contribution in [3.63, 3.8) is 0 Å². The lowest BCUT2D eigenvalue weighted by atomic mass is 10.2. The molecule has 1 aliphatic heterocycles. The molecule has 1 saturated heterocycles. The molecule has 0 saturated carbocycles. The van der Waals surface area contributed by atoms with Gasteiger partial charge >= 0.3 is 0 Å². The lowest BCUT2D eigenvalue weighted by molar-refractivity contribution is -0.127. The Kier molecular flexibility index (Phi) is 4.49. The van der Waals surface area contributed by atoms with Crippen LogP contribution in [0, 0.1) is 0 Å². The third kappa shape index (κ3) is 3.23. The predicted molar refractivity (Wildman–Crippen MR) is 74.3 cm³/mol. The van der Waals surface area contributed by atoms with Crippen molar-refractivity contribution in [3.05, 3.63) is 18.0 Å². The van der Waals surface area contributed by atoms with E-state index in [1.54, 1.807) is 11.9 Å². The Labute approximate surface area is 117 Å². The first kappa shape index (κ1) is 14.2. The van der Waals surface area contributed by atoms with Gasteiger partial charge in [-0.15, -0.1) is 0 Å². The Morgan fingerprint density at radius 3 is 2.75 bits per heavy atom. The molecule has 1 atom stereocenters. The Balaban J connectivity index is 1.93. The molecule has 2 amide bonds. The summed E-state index contributed by atoms with van der Waals surface area (Å²) in [5, 5.41) is 5.64. The maximum Gasteiger partial charge on any atom is 0.254 e. The van der Waals surface area contributed by atoms with Crippen molar-refractivity contribution in [3.8, 4) is 0 Å². The number of aromatic nitrogens is 2. The lowest BCUT2D eigenvalue weighted by Gasteiger charge is -2.15. The molecule has 0 aliphatic carbocycles. The minimum Gasteiger partial charge on any atom is -0.357 e. The van der Waals surface area contributed by atoms with Gasteiger partial charge in [-0.1, -0.05) is 6.92 Å². The summed E-state index contributed by atoms with van der Waals surface area (Å²) in [4.78, 5) is 33.5. The Morgan fingerprint density at radius 1 is 1.45 bits per heavy atom. The van der Waals surface area contributed by atoms with Crippen LogP contribution in [-0.4, -0.2) is 52.9 Å². The normalized spacial score (nSPS) is 18.2. The van der Waals surface area contributed by atoms with Crippen molar-refractivity contribution >= 4 is 17.8 Å². The van der Waals surface area contributed by atoms with Crippen LogP contribution in [0.2, 0.25) is 0 Å². The molecule has 0 bridgehead atoms. The van der Waals surface area contributed by atoms with Crippen LogP contribution in [-0.2, 0) is 4.79 Å². The summed E-state index contributed by atoms with van der Waals surface area (Å²) in [5.74, 6) is 0.314. The van der Waals surface area contributed by atoms with Crippen LogP contribution in [0.3, 0.4) is 0 Å². The zero-order valence-corrected chi connectivity index (χ0v) is 11.7. The zero-order valence-electron chi connectivity index (χ0n) is 11.7. The van der Waals surface area contributed by atoms with E-state index in [1.807, 2.05) is 6.92 Å². The number of carbonyl (C=O) groups is 2. The minimum absolute atomic E-state index is 0.0962. The van der Waals surface area contributed by atoms with Crippen molar-refractivity contribution in [2.24, 2.45) is 0 Å². The summed E-state index contributed by atoms with van der Waals surface area (Å²) in [6, 6.07) is -0.134. The molecule has 2 N–H and O–H groups in total. The summed E-state index contributed by atoms with van der Waals surface area (Å²) in [6.45, 7) is 3.35. The van der Waals surface area contributed by atoms with E-state index in [-0.39, 0.29) is 17.9 Å². The van der Waals surface area contributed by atoms with E-state index in [2.05, 4.69) is 20.6 Å². The number of amides is 2. The average molecular weight is 277 g/mol. The smallest absolute Gasteiger partial charge is 0.254 e. The van der Waals surface area contributed by atoms with Gasteiger partial charge in [0.05, 0.1) is 11.6 Å². The highest BCUT2D eigenvalue weighted by molar-refractivity contribution is 5.94. The fourth-order valence-corrected chi connectivity index (χ4v) is 2.20. The number of hydrogen-bond acceptors (Lipinski definition) is 5. The van der Waals surface area contributed by atoms with E-state index in [9.17, 15) is 9.59 Å². The third-order valence-corrected chi connectivity index (χ3v) is 3.18. The molecule has 0 radical (unpaired) electrons. The van der Waals surface area contributed by atoms with Gasteiger partial charge in [0.25, 0.3) is 5.91 Å². The predicted octanol–water partition coefficient (Wildman–Crippen LogP) is 0.259. The first-order chi connectivity index (χ1) is 9.63. The van der Waals surface area contributed by atoms with E-state index in [4.69, 9.17) is 0 Å². The molecule has 7 nitrogen and oxygen atoms in total. The van der Waals surface area contributed by atoms with Crippen LogP contribution < -0.4 is 10.6 Å². The second-order valence-corrected chi connectivity index (χ2v) is 4.76. The second kappa shape index (κ2) is 6.31. The third-order valence-electron chi connectivity index (χ3n) is 3.18. The molecule has 1 aromatic heterocycles. The molecule has 2 heterocycles. The fourth-order valence-electron chi connectivity index (χ4n) is 2.20. The standard InChI is InChI=1S/C13H19N5O2/c1-3-4-18-8-10(5-11(18)19)17-12(20)9-6-15-13(14-2)16-7-9/h6-7,10H,3-5,8H2,1-2H3,(H,17,20)(H,14,15,16)/t10-/m1/s1. The Morgan fingerprint density at radius 2 is 2.15 bits per heavy atom.